The summed E-state index contributed by atoms with van der Waals surface area (Å²) in [4.78, 5) is 35.8. The standard InChI is InChI=1S/C25H22ClF3N6O2/c26-21-7-6-18(33-22(36)16-4-3-5-17(12-16)25(27,28)29)13-20(21)23(37)34-19-14-31-24(32-15-19)30-8-11-35-9-1-2-10-35/h1,3-7,9,12-15H,2,8,10-11H2,(H,33,36)(H,34,37)(H,30,31,32). The first-order valence-electron chi connectivity index (χ1n) is 11.3. The van der Waals surface area contributed by atoms with Crippen molar-refractivity contribution in [2.75, 3.05) is 35.6 Å². The van der Waals surface area contributed by atoms with Gasteiger partial charge in [-0.15, -0.1) is 0 Å². The van der Waals surface area contributed by atoms with Crippen LogP contribution in [0.5, 0.6) is 0 Å². The summed E-state index contributed by atoms with van der Waals surface area (Å²) in [6, 6.07) is 8.19. The van der Waals surface area contributed by atoms with Gasteiger partial charge in [0.15, 0.2) is 0 Å². The van der Waals surface area contributed by atoms with E-state index in [0.717, 1.165) is 37.7 Å². The zero-order valence-corrected chi connectivity index (χ0v) is 20.1. The fourth-order valence-corrected chi connectivity index (χ4v) is 3.74. The van der Waals surface area contributed by atoms with Crippen molar-refractivity contribution in [2.45, 2.75) is 12.6 Å². The largest absolute Gasteiger partial charge is 0.416 e. The molecule has 0 unspecified atom stereocenters. The Balaban J connectivity index is 1.37. The lowest BCUT2D eigenvalue weighted by Gasteiger charge is -2.15. The number of halogens is 4. The van der Waals surface area contributed by atoms with Crippen LogP contribution in [0.25, 0.3) is 0 Å². The van der Waals surface area contributed by atoms with Gasteiger partial charge in [0, 0.05) is 30.9 Å². The van der Waals surface area contributed by atoms with Gasteiger partial charge < -0.3 is 20.9 Å². The second kappa shape index (κ2) is 11.3. The third-order valence-corrected chi connectivity index (χ3v) is 5.74. The highest BCUT2D eigenvalue weighted by Crippen LogP contribution is 2.30. The quantitative estimate of drug-likeness (QED) is 0.366. The molecule has 0 fully saturated rings. The number of nitrogens with one attached hydrogen (secondary N) is 3. The zero-order valence-electron chi connectivity index (χ0n) is 19.3. The van der Waals surface area contributed by atoms with E-state index in [2.05, 4.69) is 43.1 Å². The Labute approximate surface area is 215 Å². The molecule has 37 heavy (non-hydrogen) atoms. The first kappa shape index (κ1) is 26.0. The minimum atomic E-state index is -4.58. The number of alkyl halides is 3. The lowest BCUT2D eigenvalue weighted by atomic mass is 10.1. The van der Waals surface area contributed by atoms with Crippen LogP contribution in [-0.4, -0.2) is 46.3 Å². The molecule has 12 heteroatoms. The lowest BCUT2D eigenvalue weighted by molar-refractivity contribution is -0.137. The van der Waals surface area contributed by atoms with E-state index in [4.69, 9.17) is 11.6 Å². The Kier molecular flexibility index (Phi) is 7.92. The molecule has 1 aromatic heterocycles. The number of aromatic nitrogens is 2. The maximum Gasteiger partial charge on any atom is 0.416 e. The molecule has 1 aliphatic heterocycles. The summed E-state index contributed by atoms with van der Waals surface area (Å²) >= 11 is 6.17. The summed E-state index contributed by atoms with van der Waals surface area (Å²) in [6.07, 6.45) is 3.51. The predicted octanol–water partition coefficient (Wildman–Crippen LogP) is 5.28. The van der Waals surface area contributed by atoms with Gasteiger partial charge in [-0.2, -0.15) is 13.2 Å². The van der Waals surface area contributed by atoms with Crippen LogP contribution in [0.15, 0.2) is 67.1 Å². The van der Waals surface area contributed by atoms with Crippen LogP contribution in [0.4, 0.5) is 30.5 Å². The average molecular weight is 531 g/mol. The van der Waals surface area contributed by atoms with Crippen molar-refractivity contribution in [1.29, 1.82) is 0 Å². The molecule has 0 radical (unpaired) electrons. The van der Waals surface area contributed by atoms with Gasteiger partial charge in [0.25, 0.3) is 11.8 Å². The molecular weight excluding hydrogens is 509 g/mol. The highest BCUT2D eigenvalue weighted by Gasteiger charge is 2.31. The van der Waals surface area contributed by atoms with E-state index in [0.29, 0.717) is 18.2 Å². The summed E-state index contributed by atoms with van der Waals surface area (Å²) in [6.45, 7) is 2.47. The van der Waals surface area contributed by atoms with Gasteiger partial charge >= 0.3 is 6.18 Å². The van der Waals surface area contributed by atoms with E-state index in [-0.39, 0.29) is 21.8 Å². The van der Waals surface area contributed by atoms with E-state index < -0.39 is 23.6 Å². The summed E-state index contributed by atoms with van der Waals surface area (Å²) < 4.78 is 38.9. The monoisotopic (exact) mass is 530 g/mol. The summed E-state index contributed by atoms with van der Waals surface area (Å²) in [5, 5.41) is 8.34. The molecule has 2 aromatic carbocycles. The first-order chi connectivity index (χ1) is 17.7. The van der Waals surface area contributed by atoms with E-state index in [1.807, 2.05) is 0 Å². The fraction of sp³-hybridized carbons (Fsp3) is 0.200. The number of amides is 2. The molecule has 0 spiro atoms. The first-order valence-corrected chi connectivity index (χ1v) is 11.6. The minimum Gasteiger partial charge on any atom is -0.376 e. The minimum absolute atomic E-state index is 0.0457. The van der Waals surface area contributed by atoms with Crippen molar-refractivity contribution < 1.29 is 22.8 Å². The molecule has 0 atom stereocenters. The van der Waals surface area contributed by atoms with Gasteiger partial charge in [-0.1, -0.05) is 23.7 Å². The van der Waals surface area contributed by atoms with E-state index in [9.17, 15) is 22.8 Å². The fourth-order valence-electron chi connectivity index (χ4n) is 3.54. The Hall–Kier alpha value is -4.12. The molecule has 0 aliphatic carbocycles. The zero-order chi connectivity index (χ0) is 26.4. The summed E-state index contributed by atoms with van der Waals surface area (Å²) in [7, 11) is 0. The van der Waals surface area contributed by atoms with Crippen LogP contribution >= 0.6 is 11.6 Å². The Morgan fingerprint density at radius 2 is 1.76 bits per heavy atom. The summed E-state index contributed by atoms with van der Waals surface area (Å²) in [5.41, 5.74) is -0.570. The number of carbonyl (C=O) groups excluding carboxylic acids is 2. The lowest BCUT2D eigenvalue weighted by Crippen LogP contribution is -2.23. The predicted molar refractivity (Wildman–Crippen MR) is 135 cm³/mol. The second-order valence-corrected chi connectivity index (χ2v) is 8.52. The van der Waals surface area contributed by atoms with Crippen molar-refractivity contribution in [1.82, 2.24) is 14.9 Å². The number of anilines is 3. The van der Waals surface area contributed by atoms with E-state index in [1.54, 1.807) is 0 Å². The van der Waals surface area contributed by atoms with Crippen molar-refractivity contribution in [3.8, 4) is 0 Å². The van der Waals surface area contributed by atoms with Crippen molar-refractivity contribution in [2.24, 2.45) is 0 Å². The van der Waals surface area contributed by atoms with Gasteiger partial charge in [0.05, 0.1) is 34.2 Å². The average Bonchev–Trinajstić information content (AvgIpc) is 3.39. The molecule has 192 valence electrons. The van der Waals surface area contributed by atoms with Gasteiger partial charge in [-0.05, 0) is 49.0 Å². The third kappa shape index (κ3) is 6.98. The second-order valence-electron chi connectivity index (χ2n) is 8.11. The van der Waals surface area contributed by atoms with Gasteiger partial charge in [-0.3, -0.25) is 9.59 Å². The van der Waals surface area contributed by atoms with Crippen LogP contribution in [0.3, 0.4) is 0 Å². The maximum absolute atomic E-state index is 13.0. The SMILES string of the molecule is O=C(Nc1ccc(Cl)c(C(=O)Nc2cnc(NCCN3C=CCC3)nc2)c1)c1cccc(C(F)(F)F)c1. The third-order valence-electron chi connectivity index (χ3n) is 5.41. The summed E-state index contributed by atoms with van der Waals surface area (Å²) in [5.74, 6) is -0.930. The number of carbonyl (C=O) groups is 2. The van der Waals surface area contributed by atoms with Gasteiger partial charge in [0.1, 0.15) is 0 Å². The topological polar surface area (TPSA) is 99.2 Å². The van der Waals surface area contributed by atoms with Crippen LogP contribution in [0.1, 0.15) is 32.7 Å². The Morgan fingerprint density at radius 1 is 1.00 bits per heavy atom. The molecule has 3 N–H and O–H groups in total. The molecule has 4 rings (SSSR count). The molecular formula is C25H22ClF3N6O2. The van der Waals surface area contributed by atoms with Crippen molar-refractivity contribution >= 4 is 40.7 Å². The molecule has 2 amide bonds. The number of benzene rings is 2. The number of hydrogen-bond acceptors (Lipinski definition) is 6. The molecule has 0 saturated carbocycles. The van der Waals surface area contributed by atoms with Gasteiger partial charge in [0.2, 0.25) is 5.95 Å². The van der Waals surface area contributed by atoms with E-state index >= 15 is 0 Å². The molecule has 3 aromatic rings. The smallest absolute Gasteiger partial charge is 0.376 e. The highest BCUT2D eigenvalue weighted by molar-refractivity contribution is 6.34. The molecule has 2 heterocycles. The Bertz CT molecular complexity index is 1310. The van der Waals surface area contributed by atoms with Crippen LogP contribution in [0.2, 0.25) is 5.02 Å². The van der Waals surface area contributed by atoms with Crippen molar-refractivity contribution in [3.63, 3.8) is 0 Å². The van der Waals surface area contributed by atoms with Crippen LogP contribution in [-0.2, 0) is 6.18 Å². The normalized spacial score (nSPS) is 12.9. The number of nitrogens with zero attached hydrogens (tertiary/aromatic N) is 3. The molecule has 0 saturated heterocycles. The van der Waals surface area contributed by atoms with Gasteiger partial charge in [-0.25, -0.2) is 9.97 Å². The Morgan fingerprint density at radius 3 is 2.46 bits per heavy atom. The number of rotatable bonds is 8. The highest BCUT2D eigenvalue weighted by atomic mass is 35.5. The molecule has 8 nitrogen and oxygen atoms in total. The maximum atomic E-state index is 13.0. The van der Waals surface area contributed by atoms with Crippen molar-refractivity contribution in [3.05, 3.63) is 88.8 Å². The van der Waals surface area contributed by atoms with Crippen LogP contribution in [0, 0.1) is 0 Å². The van der Waals surface area contributed by atoms with Crippen LogP contribution < -0.4 is 16.0 Å². The van der Waals surface area contributed by atoms with E-state index in [1.165, 1.54) is 36.7 Å². The molecule has 0 bridgehead atoms. The number of hydrogen-bond donors (Lipinski definition) is 3. The molecule has 1 aliphatic rings.